The van der Waals surface area contributed by atoms with Crippen LogP contribution in [0.2, 0.25) is 0 Å². The van der Waals surface area contributed by atoms with Crippen molar-refractivity contribution < 1.29 is 4.74 Å². The molecule has 0 amide bonds. The van der Waals surface area contributed by atoms with E-state index in [1.54, 1.807) is 7.11 Å². The van der Waals surface area contributed by atoms with Crippen LogP contribution in [0.25, 0.3) is 23.0 Å². The van der Waals surface area contributed by atoms with Gasteiger partial charge in [-0.05, 0) is 48.6 Å². The maximum absolute atomic E-state index is 5.52. The second kappa shape index (κ2) is 6.93. The molecule has 1 aromatic heterocycles. The summed E-state index contributed by atoms with van der Waals surface area (Å²) in [7, 11) is 1.69. The molecule has 126 valence electrons. The Bertz CT molecular complexity index is 897. The van der Waals surface area contributed by atoms with Crippen LogP contribution >= 0.6 is 0 Å². The third-order valence-corrected chi connectivity index (χ3v) is 4.60. The fourth-order valence-corrected chi connectivity index (χ4v) is 3.37. The van der Waals surface area contributed by atoms with Crippen molar-refractivity contribution in [2.75, 3.05) is 7.11 Å². The number of fused-ring (bicyclic) bond motifs is 1. The molecule has 0 atom stereocenters. The largest absolute Gasteiger partial charge is 0.496 e. The topological polar surface area (TPSA) is 39.9 Å². The van der Waals surface area contributed by atoms with Gasteiger partial charge in [0.1, 0.15) is 5.75 Å². The lowest BCUT2D eigenvalue weighted by Crippen LogP contribution is -2.03. The van der Waals surface area contributed by atoms with Gasteiger partial charge in [-0.15, -0.1) is 10.2 Å². The first-order chi connectivity index (χ1) is 12.4. The molecule has 0 spiro atoms. The summed E-state index contributed by atoms with van der Waals surface area (Å²) in [4.78, 5) is 0. The fourth-order valence-electron chi connectivity index (χ4n) is 3.37. The number of benzene rings is 2. The van der Waals surface area contributed by atoms with Gasteiger partial charge in [-0.25, -0.2) is 0 Å². The highest BCUT2D eigenvalue weighted by Gasteiger charge is 2.21. The summed E-state index contributed by atoms with van der Waals surface area (Å²) in [5.41, 5.74) is 3.44. The smallest absolute Gasteiger partial charge is 0.167 e. The quantitative estimate of drug-likeness (QED) is 0.700. The molecule has 25 heavy (non-hydrogen) atoms. The van der Waals surface area contributed by atoms with Crippen molar-refractivity contribution in [3.05, 3.63) is 66.0 Å². The van der Waals surface area contributed by atoms with Gasteiger partial charge in [0.15, 0.2) is 11.6 Å². The van der Waals surface area contributed by atoms with E-state index in [0.29, 0.717) is 0 Å². The first-order valence-corrected chi connectivity index (χ1v) is 8.69. The monoisotopic (exact) mass is 331 g/mol. The second-order valence-electron chi connectivity index (χ2n) is 6.24. The minimum absolute atomic E-state index is 0.829. The molecular weight excluding hydrogens is 310 g/mol. The van der Waals surface area contributed by atoms with Crippen LogP contribution in [-0.2, 0) is 6.54 Å². The van der Waals surface area contributed by atoms with Crippen LogP contribution in [0.4, 0.5) is 0 Å². The number of hydrogen-bond donors (Lipinski definition) is 0. The summed E-state index contributed by atoms with van der Waals surface area (Å²) < 4.78 is 7.75. The average Bonchev–Trinajstić information content (AvgIpc) is 2.99. The average molecular weight is 331 g/mol. The molecule has 0 aliphatic carbocycles. The van der Waals surface area contributed by atoms with Gasteiger partial charge < -0.3 is 9.30 Å². The van der Waals surface area contributed by atoms with Crippen molar-refractivity contribution in [3.8, 4) is 17.1 Å². The summed E-state index contributed by atoms with van der Waals surface area (Å²) in [6.07, 6.45) is 5.55. The van der Waals surface area contributed by atoms with Crippen molar-refractivity contribution in [2.45, 2.75) is 25.8 Å². The minimum atomic E-state index is 0.829. The van der Waals surface area contributed by atoms with Crippen molar-refractivity contribution >= 4 is 11.6 Å². The Morgan fingerprint density at radius 2 is 1.68 bits per heavy atom. The Labute approximate surface area is 147 Å². The van der Waals surface area contributed by atoms with Gasteiger partial charge in [-0.2, -0.15) is 0 Å². The Morgan fingerprint density at radius 1 is 0.920 bits per heavy atom. The number of allylic oxidation sites excluding steroid dienone is 1. The molecule has 4 rings (SSSR count). The molecule has 2 heterocycles. The number of nitrogens with zero attached hydrogens (tertiary/aromatic N) is 3. The predicted octanol–water partition coefficient (Wildman–Crippen LogP) is 4.68. The molecule has 0 bridgehead atoms. The van der Waals surface area contributed by atoms with Crippen LogP contribution in [0.5, 0.6) is 5.75 Å². The van der Waals surface area contributed by atoms with Crippen molar-refractivity contribution in [3.63, 3.8) is 0 Å². The summed E-state index contributed by atoms with van der Waals surface area (Å²) in [6.45, 7) is 0.932. The van der Waals surface area contributed by atoms with E-state index in [0.717, 1.165) is 48.8 Å². The number of ether oxygens (including phenoxy) is 1. The normalized spacial score (nSPS) is 15.6. The van der Waals surface area contributed by atoms with Crippen molar-refractivity contribution in [1.82, 2.24) is 14.8 Å². The third kappa shape index (κ3) is 3.07. The Hall–Kier alpha value is -2.88. The zero-order chi connectivity index (χ0) is 17.1. The molecule has 0 unspecified atom stereocenters. The van der Waals surface area contributed by atoms with Crippen LogP contribution in [0.3, 0.4) is 0 Å². The first kappa shape index (κ1) is 15.6. The molecule has 4 nitrogen and oxygen atoms in total. The van der Waals surface area contributed by atoms with Crippen LogP contribution < -0.4 is 4.74 Å². The molecule has 2 aromatic carbocycles. The van der Waals surface area contributed by atoms with Crippen LogP contribution in [0, 0.1) is 0 Å². The fraction of sp³-hybridized carbons (Fsp3) is 0.238. The zero-order valence-corrected chi connectivity index (χ0v) is 14.4. The highest BCUT2D eigenvalue weighted by Crippen LogP contribution is 2.33. The van der Waals surface area contributed by atoms with E-state index in [4.69, 9.17) is 4.74 Å². The minimum Gasteiger partial charge on any atom is -0.496 e. The molecule has 1 aliphatic heterocycles. The SMILES string of the molecule is COc1ccccc1-c1nnc2n1CCCC/C2=C/c1ccccc1. The molecule has 1 aliphatic rings. The van der Waals surface area contributed by atoms with E-state index < -0.39 is 0 Å². The van der Waals surface area contributed by atoms with Gasteiger partial charge in [0, 0.05) is 6.54 Å². The molecule has 4 heteroatoms. The molecule has 3 aromatic rings. The van der Waals surface area contributed by atoms with E-state index in [-0.39, 0.29) is 0 Å². The van der Waals surface area contributed by atoms with Crippen LogP contribution in [0.15, 0.2) is 54.6 Å². The van der Waals surface area contributed by atoms with Crippen LogP contribution in [0.1, 0.15) is 30.7 Å². The Kier molecular flexibility index (Phi) is 4.34. The second-order valence-corrected chi connectivity index (χ2v) is 6.24. The standard InChI is InChI=1S/C21H21N3O/c1-25-19-13-6-5-12-18(19)21-23-22-20-17(11-7-8-14-24(20)21)15-16-9-3-2-4-10-16/h2-6,9-10,12-13,15H,7-8,11,14H2,1H3/b17-15-. The van der Waals surface area contributed by atoms with Gasteiger partial charge in [-0.3, -0.25) is 0 Å². The Balaban J connectivity index is 1.81. The first-order valence-electron chi connectivity index (χ1n) is 8.69. The summed E-state index contributed by atoms with van der Waals surface area (Å²) in [5, 5.41) is 9.04. The molecule has 0 saturated carbocycles. The number of methoxy groups -OCH3 is 1. The molecule has 0 N–H and O–H groups in total. The lowest BCUT2D eigenvalue weighted by molar-refractivity contribution is 0.416. The number of hydrogen-bond acceptors (Lipinski definition) is 3. The maximum atomic E-state index is 5.52. The van der Waals surface area contributed by atoms with E-state index in [1.807, 2.05) is 30.3 Å². The number of rotatable bonds is 3. The summed E-state index contributed by atoms with van der Waals surface area (Å²) in [6, 6.07) is 18.4. The maximum Gasteiger partial charge on any atom is 0.167 e. The highest BCUT2D eigenvalue weighted by atomic mass is 16.5. The van der Waals surface area contributed by atoms with Gasteiger partial charge in [0.05, 0.1) is 12.7 Å². The van der Waals surface area contributed by atoms with Crippen LogP contribution in [-0.4, -0.2) is 21.9 Å². The molecule has 0 saturated heterocycles. The van der Waals surface area contributed by atoms with E-state index >= 15 is 0 Å². The lowest BCUT2D eigenvalue weighted by atomic mass is 10.1. The van der Waals surface area contributed by atoms with E-state index in [2.05, 4.69) is 45.1 Å². The lowest BCUT2D eigenvalue weighted by Gasteiger charge is -2.10. The molecule has 0 fully saturated rings. The van der Waals surface area contributed by atoms with Gasteiger partial charge in [-0.1, -0.05) is 42.5 Å². The predicted molar refractivity (Wildman–Crippen MR) is 100 cm³/mol. The van der Waals surface area contributed by atoms with E-state index in [1.165, 1.54) is 11.1 Å². The van der Waals surface area contributed by atoms with E-state index in [9.17, 15) is 0 Å². The Morgan fingerprint density at radius 3 is 2.52 bits per heavy atom. The number of para-hydroxylation sites is 1. The third-order valence-electron chi connectivity index (χ3n) is 4.60. The van der Waals surface area contributed by atoms with Crippen molar-refractivity contribution in [2.24, 2.45) is 0 Å². The van der Waals surface area contributed by atoms with Gasteiger partial charge in [0.25, 0.3) is 0 Å². The number of aromatic nitrogens is 3. The molecular formula is C21H21N3O. The summed E-state index contributed by atoms with van der Waals surface area (Å²) >= 11 is 0. The van der Waals surface area contributed by atoms with Gasteiger partial charge in [0.2, 0.25) is 0 Å². The molecule has 0 radical (unpaired) electrons. The summed E-state index contributed by atoms with van der Waals surface area (Å²) in [5.74, 6) is 2.69. The highest BCUT2D eigenvalue weighted by molar-refractivity contribution is 5.80. The zero-order valence-electron chi connectivity index (χ0n) is 14.4. The van der Waals surface area contributed by atoms with Crippen molar-refractivity contribution in [1.29, 1.82) is 0 Å². The van der Waals surface area contributed by atoms with Gasteiger partial charge >= 0.3 is 0 Å².